The number of amides is 2. The first-order valence-corrected chi connectivity index (χ1v) is 7.33. The van der Waals surface area contributed by atoms with Gasteiger partial charge in [0.15, 0.2) is 0 Å². The summed E-state index contributed by atoms with van der Waals surface area (Å²) in [6, 6.07) is 7.46. The van der Waals surface area contributed by atoms with Crippen LogP contribution < -0.4 is 10.2 Å². The van der Waals surface area contributed by atoms with E-state index in [0.717, 1.165) is 31.5 Å². The van der Waals surface area contributed by atoms with Crippen LogP contribution >= 0.6 is 0 Å². The van der Waals surface area contributed by atoms with Gasteiger partial charge in [-0.3, -0.25) is 9.59 Å². The molecular weight excluding hydrogens is 252 g/mol. The highest BCUT2D eigenvalue weighted by Crippen LogP contribution is 2.21. The molecule has 0 saturated carbocycles. The van der Waals surface area contributed by atoms with Gasteiger partial charge >= 0.3 is 0 Å². The maximum absolute atomic E-state index is 12.0. The number of hydrogen-bond acceptors (Lipinski definition) is 2. The Morgan fingerprint density at radius 2 is 2.05 bits per heavy atom. The first kappa shape index (κ1) is 14.6. The molecule has 1 fully saturated rings. The highest BCUT2D eigenvalue weighted by molar-refractivity contribution is 5.97. The van der Waals surface area contributed by atoms with Gasteiger partial charge in [0.2, 0.25) is 5.91 Å². The van der Waals surface area contributed by atoms with Crippen molar-refractivity contribution in [2.24, 2.45) is 0 Å². The van der Waals surface area contributed by atoms with Gasteiger partial charge in [-0.05, 0) is 44.0 Å². The normalized spacial score (nSPS) is 16.3. The molecule has 1 N–H and O–H groups in total. The molecule has 108 valence electrons. The predicted molar refractivity (Wildman–Crippen MR) is 79.9 cm³/mol. The van der Waals surface area contributed by atoms with Gasteiger partial charge in [-0.2, -0.15) is 0 Å². The minimum Gasteiger partial charge on any atom is -0.350 e. The fourth-order valence-electron chi connectivity index (χ4n) is 2.53. The molecule has 2 amide bonds. The van der Waals surface area contributed by atoms with Crippen molar-refractivity contribution < 1.29 is 9.59 Å². The maximum Gasteiger partial charge on any atom is 0.251 e. The van der Waals surface area contributed by atoms with Crippen molar-refractivity contribution in [1.82, 2.24) is 5.32 Å². The predicted octanol–water partition coefficient (Wildman–Crippen LogP) is 2.73. The molecular formula is C16H22N2O2. The molecule has 1 aliphatic rings. The summed E-state index contributed by atoms with van der Waals surface area (Å²) in [4.78, 5) is 25.5. The molecule has 4 heteroatoms. The fourth-order valence-corrected chi connectivity index (χ4v) is 2.53. The van der Waals surface area contributed by atoms with E-state index in [-0.39, 0.29) is 17.9 Å². The molecule has 1 heterocycles. The van der Waals surface area contributed by atoms with Crippen LogP contribution in [0.5, 0.6) is 0 Å². The van der Waals surface area contributed by atoms with Crippen molar-refractivity contribution in [3.8, 4) is 0 Å². The lowest BCUT2D eigenvalue weighted by molar-refractivity contribution is -0.117. The summed E-state index contributed by atoms with van der Waals surface area (Å²) >= 11 is 0. The summed E-state index contributed by atoms with van der Waals surface area (Å²) < 4.78 is 0. The third-order valence-corrected chi connectivity index (χ3v) is 3.61. The van der Waals surface area contributed by atoms with Crippen molar-refractivity contribution >= 4 is 17.5 Å². The second-order valence-corrected chi connectivity index (χ2v) is 5.36. The Bertz CT molecular complexity index is 482. The standard InChI is InChI=1S/C16H22N2O2/c1-3-5-12(2)17-16(20)13-7-9-14(10-8-13)18-11-4-6-15(18)19/h7-10,12H,3-6,11H2,1-2H3,(H,17,20). The summed E-state index contributed by atoms with van der Waals surface area (Å²) in [6.45, 7) is 4.89. The molecule has 0 radical (unpaired) electrons. The summed E-state index contributed by atoms with van der Waals surface area (Å²) in [5.74, 6) is 0.115. The highest BCUT2D eigenvalue weighted by Gasteiger charge is 2.21. The minimum absolute atomic E-state index is 0.0507. The molecule has 1 aromatic carbocycles. The lowest BCUT2D eigenvalue weighted by atomic mass is 10.1. The Morgan fingerprint density at radius 1 is 1.35 bits per heavy atom. The summed E-state index contributed by atoms with van der Waals surface area (Å²) in [5, 5.41) is 2.98. The van der Waals surface area contributed by atoms with E-state index in [1.165, 1.54) is 0 Å². The molecule has 1 atom stereocenters. The lowest BCUT2D eigenvalue weighted by Gasteiger charge is -2.16. The third-order valence-electron chi connectivity index (χ3n) is 3.61. The quantitative estimate of drug-likeness (QED) is 0.897. The van der Waals surface area contributed by atoms with Gasteiger partial charge in [0.05, 0.1) is 0 Å². The number of benzene rings is 1. The van der Waals surface area contributed by atoms with E-state index in [1.54, 1.807) is 17.0 Å². The smallest absolute Gasteiger partial charge is 0.251 e. The van der Waals surface area contributed by atoms with Crippen molar-refractivity contribution in [3.05, 3.63) is 29.8 Å². The van der Waals surface area contributed by atoms with Crippen molar-refractivity contribution in [2.75, 3.05) is 11.4 Å². The largest absolute Gasteiger partial charge is 0.350 e. The number of nitrogens with zero attached hydrogens (tertiary/aromatic N) is 1. The second kappa shape index (κ2) is 6.55. The third kappa shape index (κ3) is 3.38. The van der Waals surface area contributed by atoms with E-state index >= 15 is 0 Å². The van der Waals surface area contributed by atoms with Crippen LogP contribution in [0.2, 0.25) is 0 Å². The zero-order chi connectivity index (χ0) is 14.5. The first-order chi connectivity index (χ1) is 9.61. The molecule has 2 rings (SSSR count). The first-order valence-electron chi connectivity index (χ1n) is 7.33. The Hall–Kier alpha value is -1.84. The van der Waals surface area contributed by atoms with Gasteiger partial charge in [0.1, 0.15) is 0 Å². The second-order valence-electron chi connectivity index (χ2n) is 5.36. The van der Waals surface area contributed by atoms with Crippen LogP contribution in [0.25, 0.3) is 0 Å². The number of hydrogen-bond donors (Lipinski definition) is 1. The van der Waals surface area contributed by atoms with E-state index in [4.69, 9.17) is 0 Å². The maximum atomic E-state index is 12.0. The highest BCUT2D eigenvalue weighted by atomic mass is 16.2. The molecule has 0 aromatic heterocycles. The summed E-state index contributed by atoms with van der Waals surface area (Å²) in [6.07, 6.45) is 3.57. The van der Waals surface area contributed by atoms with Crippen molar-refractivity contribution in [2.45, 2.75) is 45.6 Å². The molecule has 0 bridgehead atoms. The van der Waals surface area contributed by atoms with Crippen LogP contribution in [0.1, 0.15) is 49.9 Å². The van der Waals surface area contributed by atoms with Crippen LogP contribution in [0.4, 0.5) is 5.69 Å². The van der Waals surface area contributed by atoms with Crippen molar-refractivity contribution in [1.29, 1.82) is 0 Å². The van der Waals surface area contributed by atoms with E-state index in [2.05, 4.69) is 12.2 Å². The van der Waals surface area contributed by atoms with E-state index < -0.39 is 0 Å². The number of rotatable bonds is 5. The van der Waals surface area contributed by atoms with E-state index in [0.29, 0.717) is 12.0 Å². The average Bonchev–Trinajstić information content (AvgIpc) is 2.85. The van der Waals surface area contributed by atoms with Gasteiger partial charge in [-0.25, -0.2) is 0 Å². The monoisotopic (exact) mass is 274 g/mol. The Balaban J connectivity index is 2.00. The Morgan fingerprint density at radius 3 is 2.60 bits per heavy atom. The summed E-state index contributed by atoms with van der Waals surface area (Å²) in [7, 11) is 0. The number of carbonyl (C=O) groups is 2. The van der Waals surface area contributed by atoms with Crippen LogP contribution in [0.3, 0.4) is 0 Å². The molecule has 1 unspecified atom stereocenters. The molecule has 1 aromatic rings. The van der Waals surface area contributed by atoms with Crippen molar-refractivity contribution in [3.63, 3.8) is 0 Å². The van der Waals surface area contributed by atoms with Crippen LogP contribution in [0.15, 0.2) is 24.3 Å². The average molecular weight is 274 g/mol. The Kier molecular flexibility index (Phi) is 4.77. The molecule has 0 aliphatic carbocycles. The van der Waals surface area contributed by atoms with Gasteiger partial charge in [0.25, 0.3) is 5.91 Å². The zero-order valence-electron chi connectivity index (χ0n) is 12.2. The molecule has 1 aliphatic heterocycles. The molecule has 0 spiro atoms. The minimum atomic E-state index is -0.0507. The SMILES string of the molecule is CCCC(C)NC(=O)c1ccc(N2CCCC2=O)cc1. The topological polar surface area (TPSA) is 49.4 Å². The van der Waals surface area contributed by atoms with Gasteiger partial charge in [-0.15, -0.1) is 0 Å². The molecule has 20 heavy (non-hydrogen) atoms. The van der Waals surface area contributed by atoms with E-state index in [9.17, 15) is 9.59 Å². The number of nitrogens with one attached hydrogen (secondary N) is 1. The molecule has 4 nitrogen and oxygen atoms in total. The summed E-state index contributed by atoms with van der Waals surface area (Å²) in [5.41, 5.74) is 1.52. The van der Waals surface area contributed by atoms with Gasteiger partial charge < -0.3 is 10.2 Å². The van der Waals surface area contributed by atoms with Gasteiger partial charge in [-0.1, -0.05) is 13.3 Å². The molecule has 1 saturated heterocycles. The van der Waals surface area contributed by atoms with Gasteiger partial charge in [0, 0.05) is 30.3 Å². The van der Waals surface area contributed by atoms with E-state index in [1.807, 2.05) is 19.1 Å². The zero-order valence-corrected chi connectivity index (χ0v) is 12.2. The lowest BCUT2D eigenvalue weighted by Crippen LogP contribution is -2.32. The fraction of sp³-hybridized carbons (Fsp3) is 0.500. The number of anilines is 1. The Labute approximate surface area is 120 Å². The van der Waals surface area contributed by atoms with Crippen LogP contribution in [0, 0.1) is 0 Å². The van der Waals surface area contributed by atoms with Crippen LogP contribution in [-0.4, -0.2) is 24.4 Å². The number of carbonyl (C=O) groups excluding carboxylic acids is 2. The van der Waals surface area contributed by atoms with Crippen LogP contribution in [-0.2, 0) is 4.79 Å².